The van der Waals surface area contributed by atoms with Crippen molar-refractivity contribution in [2.45, 2.75) is 130 Å². The quantitative estimate of drug-likeness (QED) is 0.154. The molecule has 0 spiro atoms. The summed E-state index contributed by atoms with van der Waals surface area (Å²) in [6.07, 6.45) is 12.1. The van der Waals surface area contributed by atoms with Gasteiger partial charge >= 0.3 is 0 Å². The first kappa shape index (κ1) is 40.6. The van der Waals surface area contributed by atoms with Crippen LogP contribution in [0.1, 0.15) is 106 Å². The van der Waals surface area contributed by atoms with Gasteiger partial charge in [-0.1, -0.05) is 46.5 Å². The van der Waals surface area contributed by atoms with Crippen molar-refractivity contribution in [3.8, 4) is 0 Å². The van der Waals surface area contributed by atoms with Gasteiger partial charge in [0.15, 0.2) is 18.1 Å². The maximum absolute atomic E-state index is 16.3. The number of unbranched alkanes of at least 4 members (excludes halogenated alkanes) is 3. The highest BCUT2D eigenvalue weighted by Gasteiger charge is 2.41. The predicted molar refractivity (Wildman–Crippen MR) is 195 cm³/mol. The molecule has 0 radical (unpaired) electrons. The minimum Gasteiger partial charge on any atom is -0.372 e. The minimum absolute atomic E-state index is 0.0321. The molecule has 3 aliphatic heterocycles. The van der Waals surface area contributed by atoms with Crippen molar-refractivity contribution in [2.24, 2.45) is 23.5 Å². The van der Waals surface area contributed by atoms with Crippen molar-refractivity contribution in [1.82, 2.24) is 25.8 Å². The van der Waals surface area contributed by atoms with Crippen LogP contribution < -0.4 is 21.7 Å². The summed E-state index contributed by atoms with van der Waals surface area (Å²) in [6, 6.07) is -1.05. The topological polar surface area (TPSA) is 106 Å². The molecule has 0 aromatic heterocycles. The minimum atomic E-state index is -0.772. The Kier molecular flexibility index (Phi) is 15.8. The molecule has 49 heavy (non-hydrogen) atoms. The number of piperidine rings is 1. The van der Waals surface area contributed by atoms with E-state index < -0.39 is 30.0 Å². The number of allylic oxidation sites excluding steroid dienone is 4. The Labute approximate surface area is 294 Å². The highest BCUT2D eigenvalue weighted by atomic mass is 19.1. The van der Waals surface area contributed by atoms with Crippen LogP contribution in [0.3, 0.4) is 0 Å². The molecule has 0 aromatic rings. The molecule has 0 aromatic carbocycles. The number of likely N-dealkylation sites (tertiary alicyclic amines) is 1. The van der Waals surface area contributed by atoms with Gasteiger partial charge in [-0.25, -0.2) is 13.4 Å². The van der Waals surface area contributed by atoms with Gasteiger partial charge in [-0.15, -0.1) is 0 Å². The van der Waals surface area contributed by atoms with E-state index in [2.05, 4.69) is 41.6 Å². The summed E-state index contributed by atoms with van der Waals surface area (Å²) in [5.41, 5.74) is 7.85. The standard InChI is InChI=1S/C38H65F2N7O2/c1-9-12-13-14-20-46-24-30(40)34(47-21-18-28(19-22-47)36(48)44-38(5,6)7)32(25-46)43-37(49)33-26(4)45(8)23-29(39)16-17-31(42-35(33)41)27(11-3)15-10-2/h16-17,23,26-28,32-33,35H,9-15,18-22,24-25,41H2,1-8H3,(H2,43,44,48,49)/p+1. The molecular weight excluding hydrogens is 624 g/mol. The van der Waals surface area contributed by atoms with Crippen LogP contribution in [0, 0.1) is 17.8 Å². The first-order chi connectivity index (χ1) is 23.2. The summed E-state index contributed by atoms with van der Waals surface area (Å²) in [7, 11) is 1.74. The van der Waals surface area contributed by atoms with E-state index in [1.54, 1.807) is 17.7 Å². The Morgan fingerprint density at radius 3 is 2.37 bits per heavy atom. The summed E-state index contributed by atoms with van der Waals surface area (Å²) in [4.78, 5) is 31.5. The Hall–Kier alpha value is -2.79. The fraction of sp³-hybridized carbons (Fsp3) is 0.763. The van der Waals surface area contributed by atoms with Crippen molar-refractivity contribution in [3.63, 3.8) is 0 Å². The van der Waals surface area contributed by atoms with Gasteiger partial charge in [0.05, 0.1) is 24.4 Å². The zero-order chi connectivity index (χ0) is 36.3. The van der Waals surface area contributed by atoms with Gasteiger partial charge in [0.25, 0.3) is 0 Å². The van der Waals surface area contributed by atoms with Crippen LogP contribution in [0.4, 0.5) is 8.78 Å². The second kappa shape index (κ2) is 19.0. The van der Waals surface area contributed by atoms with Crippen LogP contribution in [0.2, 0.25) is 0 Å². The van der Waals surface area contributed by atoms with Gasteiger partial charge in [0.2, 0.25) is 11.8 Å². The second-order valence-corrected chi connectivity index (χ2v) is 15.4. The van der Waals surface area contributed by atoms with Gasteiger partial charge in [-0.2, -0.15) is 0 Å². The Morgan fingerprint density at radius 2 is 1.76 bits per heavy atom. The van der Waals surface area contributed by atoms with E-state index in [0.29, 0.717) is 38.2 Å². The molecule has 0 bridgehead atoms. The zero-order valence-corrected chi connectivity index (χ0v) is 31.6. The number of nitrogens with zero attached hydrogens (tertiary/aromatic N) is 3. The maximum atomic E-state index is 16.3. The summed E-state index contributed by atoms with van der Waals surface area (Å²) >= 11 is 0. The van der Waals surface area contributed by atoms with Gasteiger partial charge in [0, 0.05) is 36.8 Å². The molecular formula is C38H66F2N7O2+. The van der Waals surface area contributed by atoms with E-state index in [1.807, 2.05) is 32.6 Å². The third-order valence-electron chi connectivity index (χ3n) is 10.3. The lowest BCUT2D eigenvalue weighted by molar-refractivity contribution is -0.537. The van der Waals surface area contributed by atoms with E-state index in [1.165, 1.54) is 12.3 Å². The predicted octanol–water partition coefficient (Wildman–Crippen LogP) is 5.34. The van der Waals surface area contributed by atoms with E-state index in [9.17, 15) is 9.59 Å². The molecule has 278 valence electrons. The number of carbonyl (C=O) groups is 2. The van der Waals surface area contributed by atoms with Crippen LogP contribution in [0.5, 0.6) is 0 Å². The van der Waals surface area contributed by atoms with Crippen LogP contribution in [-0.4, -0.2) is 96.0 Å². The largest absolute Gasteiger partial charge is 0.372 e. The average Bonchev–Trinajstić information content (AvgIpc) is 3.03. The SMILES string of the molecule is CCCCCCN1CC(F)=C(N2CCC(C(=O)NC(C)(C)C)CC2)C(NC(=O)C2C(N)NC(C(CC)CCC)=CC=C(F)C=[N+](C)C2C)C1. The van der Waals surface area contributed by atoms with Gasteiger partial charge in [-0.05, 0) is 84.4 Å². The fourth-order valence-electron chi connectivity index (χ4n) is 7.41. The molecule has 5 N–H and O–H groups in total. The molecule has 11 heteroatoms. The van der Waals surface area contributed by atoms with Crippen LogP contribution in [-0.2, 0) is 9.59 Å². The lowest BCUT2D eigenvalue weighted by Gasteiger charge is -2.43. The molecule has 0 saturated carbocycles. The second-order valence-electron chi connectivity index (χ2n) is 15.4. The number of carbonyl (C=O) groups excluding carboxylic acids is 2. The van der Waals surface area contributed by atoms with Crippen LogP contribution >= 0.6 is 0 Å². The van der Waals surface area contributed by atoms with Crippen molar-refractivity contribution in [3.05, 3.63) is 35.2 Å². The smallest absolute Gasteiger partial charge is 0.233 e. The number of amides is 2. The number of hydrogen-bond acceptors (Lipinski definition) is 6. The first-order valence-corrected chi connectivity index (χ1v) is 18.8. The van der Waals surface area contributed by atoms with E-state index in [4.69, 9.17) is 5.73 Å². The molecule has 3 rings (SSSR count). The third-order valence-corrected chi connectivity index (χ3v) is 10.3. The highest BCUT2D eigenvalue weighted by molar-refractivity contribution is 5.81. The molecule has 2 amide bonds. The number of nitrogens with one attached hydrogen (secondary N) is 3. The van der Waals surface area contributed by atoms with Crippen molar-refractivity contribution < 1.29 is 22.9 Å². The summed E-state index contributed by atoms with van der Waals surface area (Å²) in [5.74, 6) is -1.68. The maximum Gasteiger partial charge on any atom is 0.233 e. The van der Waals surface area contributed by atoms with Crippen molar-refractivity contribution in [1.29, 1.82) is 0 Å². The fourth-order valence-corrected chi connectivity index (χ4v) is 7.41. The van der Waals surface area contributed by atoms with Crippen LogP contribution in [0.15, 0.2) is 35.2 Å². The number of hydrogen-bond donors (Lipinski definition) is 4. The number of rotatable bonds is 13. The molecule has 1 saturated heterocycles. The highest BCUT2D eigenvalue weighted by Crippen LogP contribution is 2.30. The molecule has 0 aliphatic carbocycles. The Balaban J connectivity index is 1.90. The van der Waals surface area contributed by atoms with Gasteiger partial charge in [-0.3, -0.25) is 14.5 Å². The molecule has 3 heterocycles. The monoisotopic (exact) mass is 691 g/mol. The normalized spacial score (nSPS) is 25.5. The average molecular weight is 691 g/mol. The van der Waals surface area contributed by atoms with E-state index >= 15 is 8.78 Å². The molecule has 5 atom stereocenters. The van der Waals surface area contributed by atoms with Gasteiger partial charge < -0.3 is 26.6 Å². The van der Waals surface area contributed by atoms with Gasteiger partial charge in [0.1, 0.15) is 18.8 Å². The lowest BCUT2D eigenvalue weighted by atomic mass is 9.91. The van der Waals surface area contributed by atoms with E-state index in [-0.39, 0.29) is 41.6 Å². The number of halogens is 2. The Morgan fingerprint density at radius 1 is 1.06 bits per heavy atom. The zero-order valence-electron chi connectivity index (χ0n) is 31.6. The van der Waals surface area contributed by atoms with E-state index in [0.717, 1.165) is 57.2 Å². The molecule has 3 aliphatic rings. The lowest BCUT2D eigenvalue weighted by Crippen LogP contribution is -2.60. The summed E-state index contributed by atoms with van der Waals surface area (Å²) in [5, 5.41) is 9.73. The van der Waals surface area contributed by atoms with Crippen LogP contribution in [0.25, 0.3) is 0 Å². The van der Waals surface area contributed by atoms with Crippen molar-refractivity contribution >= 4 is 18.0 Å². The third kappa shape index (κ3) is 11.9. The molecule has 9 nitrogen and oxygen atoms in total. The summed E-state index contributed by atoms with van der Waals surface area (Å²) in [6.45, 7) is 16.7. The Bertz CT molecular complexity index is 1230. The first-order valence-electron chi connectivity index (χ1n) is 18.8. The molecule has 5 unspecified atom stereocenters. The van der Waals surface area contributed by atoms with Crippen molar-refractivity contribution in [2.75, 3.05) is 39.8 Å². The summed E-state index contributed by atoms with van der Waals surface area (Å²) < 4.78 is 33.0. The molecule has 1 fully saturated rings. The number of nitrogens with two attached hydrogens (primary N) is 1.